The second-order valence-electron chi connectivity index (χ2n) is 14.4. The van der Waals surface area contributed by atoms with Crippen LogP contribution >= 0.6 is 0 Å². The highest BCUT2D eigenvalue weighted by atomic mass is 16.3. The molecule has 3 heteroatoms. The average Bonchev–Trinajstić information content (AvgIpc) is 3.83. The van der Waals surface area contributed by atoms with Crippen molar-refractivity contribution in [2.24, 2.45) is 0 Å². The highest BCUT2D eigenvalue weighted by Gasteiger charge is 2.24. The Morgan fingerprint density at radius 2 is 0.825 bits per heavy atom. The zero-order valence-corrected chi connectivity index (χ0v) is 31.1. The monoisotopic (exact) mass is 728 g/mol. The molecule has 0 spiro atoms. The van der Waals surface area contributed by atoms with Crippen LogP contribution in [0.5, 0.6) is 0 Å². The van der Waals surface area contributed by atoms with Gasteiger partial charge in [-0.3, -0.25) is 0 Å². The zero-order valence-electron chi connectivity index (χ0n) is 31.1. The number of hydrogen-bond acceptors (Lipinski definition) is 2. The molecule has 0 atom stereocenters. The summed E-state index contributed by atoms with van der Waals surface area (Å²) >= 11 is 0. The first kappa shape index (κ1) is 32.8. The fourth-order valence-electron chi connectivity index (χ4n) is 8.72. The number of fused-ring (bicyclic) bond motifs is 6. The van der Waals surface area contributed by atoms with Crippen molar-refractivity contribution in [1.29, 1.82) is 0 Å². The van der Waals surface area contributed by atoms with E-state index in [9.17, 15) is 0 Å². The summed E-state index contributed by atoms with van der Waals surface area (Å²) < 4.78 is 8.78. The van der Waals surface area contributed by atoms with Crippen LogP contribution in [0.4, 0.5) is 17.1 Å². The van der Waals surface area contributed by atoms with Gasteiger partial charge in [0, 0.05) is 32.8 Å². The second-order valence-corrected chi connectivity index (χ2v) is 14.4. The average molecular weight is 729 g/mol. The summed E-state index contributed by atoms with van der Waals surface area (Å²) in [6, 6.07) is 78.2. The summed E-state index contributed by atoms with van der Waals surface area (Å²) in [5.41, 5.74) is 15.4. The zero-order chi connectivity index (χ0) is 37.7. The van der Waals surface area contributed by atoms with Gasteiger partial charge in [0.1, 0.15) is 11.2 Å². The van der Waals surface area contributed by atoms with Crippen LogP contribution in [-0.2, 0) is 0 Å². The topological polar surface area (TPSA) is 21.3 Å². The highest BCUT2D eigenvalue weighted by molar-refractivity contribution is 6.11. The first-order valence-electron chi connectivity index (χ1n) is 19.4. The first-order chi connectivity index (χ1) is 28.3. The minimum Gasteiger partial charge on any atom is -0.456 e. The summed E-state index contributed by atoms with van der Waals surface area (Å²) in [6.07, 6.45) is 0. The first-order valence-corrected chi connectivity index (χ1v) is 19.4. The number of benzene rings is 9. The molecule has 3 nitrogen and oxygen atoms in total. The number of hydrogen-bond donors (Lipinski definition) is 0. The lowest BCUT2D eigenvalue weighted by Gasteiger charge is -2.30. The van der Waals surface area contributed by atoms with Gasteiger partial charge >= 0.3 is 0 Å². The second kappa shape index (κ2) is 13.6. The van der Waals surface area contributed by atoms with Gasteiger partial charge in [-0.05, 0) is 82.4 Å². The highest BCUT2D eigenvalue weighted by Crippen LogP contribution is 2.48. The molecular formula is C54H36N2O. The summed E-state index contributed by atoms with van der Waals surface area (Å²) in [4.78, 5) is 2.44. The number of nitrogens with zero attached hydrogens (tertiary/aromatic N) is 2. The summed E-state index contributed by atoms with van der Waals surface area (Å²) in [5.74, 6) is 0. The van der Waals surface area contributed by atoms with Crippen LogP contribution in [0.25, 0.3) is 82.8 Å². The number of para-hydroxylation sites is 6. The Bertz CT molecular complexity index is 3210. The Morgan fingerprint density at radius 1 is 0.333 bits per heavy atom. The van der Waals surface area contributed by atoms with Crippen LogP contribution < -0.4 is 4.90 Å². The Kier molecular flexibility index (Phi) is 7.82. The van der Waals surface area contributed by atoms with Gasteiger partial charge in [0.25, 0.3) is 0 Å². The molecule has 11 aromatic rings. The standard InChI is InChI=1S/C54H36N2O/c1-2-18-37(19-3-1)39-20-4-5-21-40(39)41-22-6-7-23-42(41)43-24-8-12-28-48(43)55(38-34-35-54-47(36-38)46-27-11-17-33-53(46)57-54)51-31-15-16-32-52(51)56-49-29-13-9-25-44(49)45-26-10-14-30-50(45)56/h1-36H. The number of anilines is 3. The predicted molar refractivity (Wildman–Crippen MR) is 239 cm³/mol. The molecule has 0 unspecified atom stereocenters. The lowest BCUT2D eigenvalue weighted by Crippen LogP contribution is -2.14. The van der Waals surface area contributed by atoms with Crippen molar-refractivity contribution >= 4 is 60.8 Å². The van der Waals surface area contributed by atoms with Crippen molar-refractivity contribution in [3.8, 4) is 39.1 Å². The van der Waals surface area contributed by atoms with Gasteiger partial charge in [-0.1, -0.05) is 164 Å². The van der Waals surface area contributed by atoms with E-state index in [0.29, 0.717) is 0 Å². The SMILES string of the molecule is c1ccc(-c2ccccc2-c2ccccc2-c2ccccc2N(c2ccc3oc4ccccc4c3c2)c2ccccc2-n2c3ccccc3c3ccccc32)cc1. The predicted octanol–water partition coefficient (Wildman–Crippen LogP) is 15.2. The number of rotatable bonds is 7. The van der Waals surface area contributed by atoms with Crippen LogP contribution in [0.1, 0.15) is 0 Å². The van der Waals surface area contributed by atoms with Gasteiger partial charge < -0.3 is 13.9 Å². The van der Waals surface area contributed by atoms with Gasteiger partial charge in [0.15, 0.2) is 0 Å². The summed E-state index contributed by atoms with van der Waals surface area (Å²) in [5, 5.41) is 4.64. The van der Waals surface area contributed by atoms with E-state index < -0.39 is 0 Å². The third-order valence-electron chi connectivity index (χ3n) is 11.2. The lowest BCUT2D eigenvalue weighted by molar-refractivity contribution is 0.669. The molecule has 0 amide bonds. The van der Waals surface area contributed by atoms with Gasteiger partial charge in [0.2, 0.25) is 0 Å². The van der Waals surface area contributed by atoms with E-state index in [-0.39, 0.29) is 0 Å². The molecule has 0 fully saturated rings. The molecule has 2 heterocycles. The molecule has 0 saturated carbocycles. The van der Waals surface area contributed by atoms with E-state index in [0.717, 1.165) is 55.8 Å². The molecule has 0 aliphatic heterocycles. The molecule has 0 saturated heterocycles. The quantitative estimate of drug-likeness (QED) is 0.163. The molecule has 0 bridgehead atoms. The molecular weight excluding hydrogens is 693 g/mol. The van der Waals surface area contributed by atoms with E-state index in [1.54, 1.807) is 0 Å². The molecule has 0 radical (unpaired) electrons. The van der Waals surface area contributed by atoms with Gasteiger partial charge in [-0.15, -0.1) is 0 Å². The molecule has 0 aliphatic rings. The van der Waals surface area contributed by atoms with Crippen LogP contribution in [0.15, 0.2) is 223 Å². The van der Waals surface area contributed by atoms with Crippen LogP contribution in [-0.4, -0.2) is 4.57 Å². The van der Waals surface area contributed by atoms with Gasteiger partial charge in [-0.2, -0.15) is 0 Å². The largest absolute Gasteiger partial charge is 0.456 e. The fraction of sp³-hybridized carbons (Fsp3) is 0. The van der Waals surface area contributed by atoms with E-state index in [2.05, 4.69) is 216 Å². The van der Waals surface area contributed by atoms with E-state index in [1.807, 2.05) is 12.1 Å². The third-order valence-corrected chi connectivity index (χ3v) is 11.2. The molecule has 0 aliphatic carbocycles. The lowest BCUT2D eigenvalue weighted by atomic mass is 9.88. The van der Waals surface area contributed by atoms with Crippen molar-refractivity contribution in [1.82, 2.24) is 4.57 Å². The number of furan rings is 1. The van der Waals surface area contributed by atoms with Gasteiger partial charge in [0.05, 0.1) is 28.1 Å². The van der Waals surface area contributed by atoms with E-state index >= 15 is 0 Å². The molecule has 11 rings (SSSR count). The normalized spacial score (nSPS) is 11.5. The van der Waals surface area contributed by atoms with Crippen molar-refractivity contribution in [3.05, 3.63) is 218 Å². The van der Waals surface area contributed by atoms with Crippen molar-refractivity contribution in [2.75, 3.05) is 4.90 Å². The van der Waals surface area contributed by atoms with Gasteiger partial charge in [-0.25, -0.2) is 0 Å². The Morgan fingerprint density at radius 3 is 1.54 bits per heavy atom. The Hall–Kier alpha value is -7.62. The Labute approximate surface area is 330 Å². The van der Waals surface area contributed by atoms with Crippen molar-refractivity contribution in [2.45, 2.75) is 0 Å². The number of aromatic nitrogens is 1. The van der Waals surface area contributed by atoms with Crippen molar-refractivity contribution in [3.63, 3.8) is 0 Å². The fourth-order valence-corrected chi connectivity index (χ4v) is 8.72. The van der Waals surface area contributed by atoms with Crippen molar-refractivity contribution < 1.29 is 4.42 Å². The summed E-state index contributed by atoms with van der Waals surface area (Å²) in [6.45, 7) is 0. The molecule has 57 heavy (non-hydrogen) atoms. The minimum atomic E-state index is 0.867. The van der Waals surface area contributed by atoms with Crippen LogP contribution in [0.3, 0.4) is 0 Å². The summed E-state index contributed by atoms with van der Waals surface area (Å²) in [7, 11) is 0. The third kappa shape index (κ3) is 5.43. The Balaban J connectivity index is 1.20. The maximum atomic E-state index is 6.36. The van der Waals surface area contributed by atoms with E-state index in [4.69, 9.17) is 4.42 Å². The minimum absolute atomic E-state index is 0.867. The molecule has 0 N–H and O–H groups in total. The molecule has 268 valence electrons. The molecule has 9 aromatic carbocycles. The van der Waals surface area contributed by atoms with Crippen LogP contribution in [0.2, 0.25) is 0 Å². The van der Waals surface area contributed by atoms with E-state index in [1.165, 1.54) is 44.1 Å². The maximum absolute atomic E-state index is 6.36. The maximum Gasteiger partial charge on any atom is 0.135 e. The van der Waals surface area contributed by atoms with Crippen LogP contribution in [0, 0.1) is 0 Å². The molecule has 2 aromatic heterocycles. The smallest absolute Gasteiger partial charge is 0.135 e.